The lowest BCUT2D eigenvalue weighted by Crippen LogP contribution is -2.10. The number of fused-ring (bicyclic) bond motifs is 1. The molecule has 0 unspecified atom stereocenters. The Labute approximate surface area is 175 Å². The number of imidazole rings is 1. The van der Waals surface area contributed by atoms with Crippen LogP contribution in [-0.2, 0) is 6.42 Å². The zero-order valence-corrected chi connectivity index (χ0v) is 17.1. The molecule has 4 heteroatoms. The van der Waals surface area contributed by atoms with Crippen LogP contribution >= 0.6 is 11.3 Å². The van der Waals surface area contributed by atoms with E-state index in [9.17, 15) is 0 Å². The largest absolute Gasteiger partial charge is 0.281 e. The molecule has 0 saturated heterocycles. The van der Waals surface area contributed by atoms with Gasteiger partial charge in [-0.2, -0.15) is 0 Å². The van der Waals surface area contributed by atoms with Crippen LogP contribution < -0.4 is 0 Å². The minimum Gasteiger partial charge on any atom is -0.281 e. The number of hydrogen-bond acceptors (Lipinski definition) is 3. The Hall–Kier alpha value is -2.90. The van der Waals surface area contributed by atoms with E-state index < -0.39 is 0 Å². The van der Waals surface area contributed by atoms with Gasteiger partial charge in [0.05, 0.1) is 9.75 Å². The van der Waals surface area contributed by atoms with Crippen LogP contribution in [0.2, 0.25) is 0 Å². The van der Waals surface area contributed by atoms with Gasteiger partial charge in [0.25, 0.3) is 0 Å². The van der Waals surface area contributed by atoms with Crippen molar-refractivity contribution in [3.8, 4) is 22.4 Å². The Kier molecular flexibility index (Phi) is 5.15. The molecule has 5 rings (SSSR count). The van der Waals surface area contributed by atoms with Crippen molar-refractivity contribution in [2.45, 2.75) is 38.5 Å². The van der Waals surface area contributed by atoms with Gasteiger partial charge in [0.1, 0.15) is 11.9 Å². The second-order valence-corrected chi connectivity index (χ2v) is 8.73. The summed E-state index contributed by atoms with van der Waals surface area (Å²) in [5.74, 6) is 7.97. The topological polar surface area (TPSA) is 30.2 Å². The first-order valence-electron chi connectivity index (χ1n) is 10.3. The third kappa shape index (κ3) is 4.26. The fourth-order valence-electron chi connectivity index (χ4n) is 3.95. The number of rotatable bonds is 3. The normalized spacial score (nSPS) is 14.6. The Morgan fingerprint density at radius 2 is 1.83 bits per heavy atom. The van der Waals surface area contributed by atoms with Gasteiger partial charge in [-0.05, 0) is 42.7 Å². The molecule has 1 fully saturated rings. The van der Waals surface area contributed by atoms with Crippen LogP contribution in [0, 0.1) is 24.0 Å². The van der Waals surface area contributed by atoms with Crippen molar-refractivity contribution < 1.29 is 0 Å². The number of thiophene rings is 1. The van der Waals surface area contributed by atoms with Crippen molar-refractivity contribution in [3.05, 3.63) is 77.1 Å². The van der Waals surface area contributed by atoms with Gasteiger partial charge in [0.15, 0.2) is 0 Å². The molecule has 1 saturated carbocycles. The first-order valence-corrected chi connectivity index (χ1v) is 11.1. The molecule has 3 heterocycles. The summed E-state index contributed by atoms with van der Waals surface area (Å²) in [6.45, 7) is 0. The summed E-state index contributed by atoms with van der Waals surface area (Å²) in [5.41, 5.74) is 3.01. The van der Waals surface area contributed by atoms with E-state index in [0.29, 0.717) is 0 Å². The number of nitrogens with zero attached hydrogens (tertiary/aromatic N) is 3. The predicted octanol–water partition coefficient (Wildman–Crippen LogP) is 5.78. The van der Waals surface area contributed by atoms with Crippen LogP contribution in [0.5, 0.6) is 0 Å². The van der Waals surface area contributed by atoms with E-state index in [0.717, 1.165) is 44.8 Å². The first-order chi connectivity index (χ1) is 14.3. The smallest absolute Gasteiger partial charge is 0.235 e. The molecule has 1 aromatic carbocycles. The van der Waals surface area contributed by atoms with Crippen LogP contribution in [-0.4, -0.2) is 14.4 Å². The number of aromatic nitrogens is 3. The quantitative estimate of drug-likeness (QED) is 0.411. The zero-order valence-electron chi connectivity index (χ0n) is 16.3. The molecule has 1 radical (unpaired) electrons. The van der Waals surface area contributed by atoms with Crippen LogP contribution in [0.1, 0.15) is 48.2 Å². The lowest BCUT2D eigenvalue weighted by atomic mass is 9.86. The highest BCUT2D eigenvalue weighted by molar-refractivity contribution is 7.16. The van der Waals surface area contributed by atoms with Gasteiger partial charge >= 0.3 is 0 Å². The minimum atomic E-state index is 0.735. The third-order valence-corrected chi connectivity index (χ3v) is 6.49. The average molecular weight is 397 g/mol. The predicted molar refractivity (Wildman–Crippen MR) is 118 cm³/mol. The van der Waals surface area contributed by atoms with Gasteiger partial charge in [-0.3, -0.25) is 4.40 Å². The van der Waals surface area contributed by atoms with Gasteiger partial charge in [0.2, 0.25) is 5.78 Å². The maximum Gasteiger partial charge on any atom is 0.235 e. The van der Waals surface area contributed by atoms with Gasteiger partial charge in [-0.15, -0.1) is 11.3 Å². The van der Waals surface area contributed by atoms with Gasteiger partial charge in [-0.1, -0.05) is 62.1 Å². The molecule has 0 bridgehead atoms. The molecule has 143 valence electrons. The van der Waals surface area contributed by atoms with Crippen molar-refractivity contribution >= 4 is 17.1 Å². The van der Waals surface area contributed by atoms with Crippen LogP contribution in [0.4, 0.5) is 0 Å². The van der Waals surface area contributed by atoms with Gasteiger partial charge in [-0.25, -0.2) is 9.97 Å². The molecule has 0 atom stereocenters. The SMILES string of the molecule is C(#Cc1ccc(-c2[c]n3ccc(CC4CCCCC4)nc3n2)s1)c1ccccc1. The summed E-state index contributed by atoms with van der Waals surface area (Å²) in [4.78, 5) is 11.6. The highest BCUT2D eigenvalue weighted by Gasteiger charge is 2.15. The van der Waals surface area contributed by atoms with E-state index in [1.165, 1.54) is 32.1 Å². The van der Waals surface area contributed by atoms with E-state index in [1.54, 1.807) is 11.3 Å². The Morgan fingerprint density at radius 3 is 2.69 bits per heavy atom. The second kappa shape index (κ2) is 8.23. The molecular weight excluding hydrogens is 374 g/mol. The monoisotopic (exact) mass is 396 g/mol. The summed E-state index contributed by atoms with van der Waals surface area (Å²) in [6, 6.07) is 16.3. The van der Waals surface area contributed by atoms with Crippen LogP contribution in [0.3, 0.4) is 0 Å². The number of benzene rings is 1. The Morgan fingerprint density at radius 1 is 0.966 bits per heavy atom. The molecule has 3 nitrogen and oxygen atoms in total. The second-order valence-electron chi connectivity index (χ2n) is 7.65. The summed E-state index contributed by atoms with van der Waals surface area (Å²) < 4.78 is 1.90. The molecule has 1 aliphatic rings. The molecule has 29 heavy (non-hydrogen) atoms. The average Bonchev–Trinajstić information content (AvgIpc) is 3.40. The molecule has 0 aliphatic heterocycles. The molecule has 0 N–H and O–H groups in total. The third-order valence-electron chi connectivity index (χ3n) is 5.48. The van der Waals surface area contributed by atoms with Crippen molar-refractivity contribution in [3.63, 3.8) is 0 Å². The van der Waals surface area contributed by atoms with Gasteiger partial charge in [0, 0.05) is 17.5 Å². The highest BCUT2D eigenvalue weighted by atomic mass is 32.1. The lowest BCUT2D eigenvalue weighted by molar-refractivity contribution is 0.354. The molecule has 1 aliphatic carbocycles. The van der Waals surface area contributed by atoms with E-state index in [2.05, 4.69) is 36.2 Å². The standard InChI is InChI=1S/C25H22N3S/c1-3-7-19(8-4-1)11-12-22-13-14-24(29-22)23-18-28-16-15-21(26-25(28)27-23)17-20-9-5-2-6-10-20/h1,3-4,7-8,13-16,20H,2,5-6,9-10,17H2. The van der Waals surface area contributed by atoms with Crippen molar-refractivity contribution in [2.75, 3.05) is 0 Å². The molecule has 3 aromatic heterocycles. The first kappa shape index (κ1) is 18.1. The fourth-order valence-corrected chi connectivity index (χ4v) is 4.75. The summed E-state index contributed by atoms with van der Waals surface area (Å²) in [7, 11) is 0. The van der Waals surface area contributed by atoms with E-state index in [-0.39, 0.29) is 0 Å². The summed E-state index contributed by atoms with van der Waals surface area (Å²) in [6.07, 6.45) is 13.2. The van der Waals surface area contributed by atoms with E-state index in [1.807, 2.05) is 40.9 Å². The molecule has 0 spiro atoms. The maximum atomic E-state index is 4.80. The number of hydrogen-bond donors (Lipinski definition) is 0. The summed E-state index contributed by atoms with van der Waals surface area (Å²) in [5, 5.41) is 0. The van der Waals surface area contributed by atoms with Crippen LogP contribution in [0.25, 0.3) is 16.3 Å². The van der Waals surface area contributed by atoms with Crippen molar-refractivity contribution in [1.82, 2.24) is 14.4 Å². The van der Waals surface area contributed by atoms with Gasteiger partial charge < -0.3 is 0 Å². The molecule has 0 amide bonds. The highest BCUT2D eigenvalue weighted by Crippen LogP contribution is 2.28. The minimum absolute atomic E-state index is 0.735. The van der Waals surface area contributed by atoms with Crippen molar-refractivity contribution in [1.29, 1.82) is 0 Å². The molecule has 4 aromatic rings. The zero-order chi connectivity index (χ0) is 19.5. The van der Waals surface area contributed by atoms with Crippen LogP contribution in [0.15, 0.2) is 54.7 Å². The van der Waals surface area contributed by atoms with E-state index >= 15 is 0 Å². The maximum absolute atomic E-state index is 4.80. The summed E-state index contributed by atoms with van der Waals surface area (Å²) >= 11 is 1.64. The fraction of sp³-hybridized carbons (Fsp3) is 0.280. The molecular formula is C25H22N3S. The van der Waals surface area contributed by atoms with E-state index in [4.69, 9.17) is 9.97 Å². The van der Waals surface area contributed by atoms with Crippen molar-refractivity contribution in [2.24, 2.45) is 5.92 Å². The Balaban J connectivity index is 1.35. The Bertz CT molecular complexity index is 1170. The lowest BCUT2D eigenvalue weighted by Gasteiger charge is -2.20.